The Morgan fingerprint density at radius 1 is 1.19 bits per heavy atom. The first-order valence-electron chi connectivity index (χ1n) is 10.1. The van der Waals surface area contributed by atoms with Crippen LogP contribution >= 0.6 is 11.3 Å². The fourth-order valence-corrected chi connectivity index (χ4v) is 5.32. The number of hydrogen-bond donors (Lipinski definition) is 0. The number of benzene rings is 1. The summed E-state index contributed by atoms with van der Waals surface area (Å²) >= 11 is 1.63. The largest absolute Gasteiger partial charge is 0.376 e. The molecule has 3 aliphatic rings. The predicted octanol–water partition coefficient (Wildman–Crippen LogP) is 4.63. The molecule has 5 rings (SSSR count). The summed E-state index contributed by atoms with van der Waals surface area (Å²) in [7, 11) is 0. The first kappa shape index (κ1) is 16.7. The fraction of sp³-hybridized carbons (Fsp3) is 0.619. The summed E-state index contributed by atoms with van der Waals surface area (Å²) in [6.45, 7) is 1.47. The highest BCUT2D eigenvalue weighted by Gasteiger charge is 2.43. The van der Waals surface area contributed by atoms with Crippen LogP contribution in [-0.4, -0.2) is 30.1 Å². The maximum absolute atomic E-state index is 13.3. The van der Waals surface area contributed by atoms with Gasteiger partial charge in [-0.1, -0.05) is 23.5 Å². The van der Waals surface area contributed by atoms with Gasteiger partial charge in [0, 0.05) is 13.0 Å². The second-order valence-corrected chi connectivity index (χ2v) is 9.16. The molecule has 138 valence electrons. The van der Waals surface area contributed by atoms with Gasteiger partial charge in [0.05, 0.1) is 22.9 Å². The average Bonchev–Trinajstić information content (AvgIpc) is 3.57. The number of amides is 1. The van der Waals surface area contributed by atoms with E-state index in [2.05, 4.69) is 6.07 Å². The summed E-state index contributed by atoms with van der Waals surface area (Å²) in [5, 5.41) is 0.844. The van der Waals surface area contributed by atoms with E-state index in [1.165, 1.54) is 25.7 Å². The molecule has 1 atom stereocenters. The van der Waals surface area contributed by atoms with Gasteiger partial charge in [-0.2, -0.15) is 0 Å². The van der Waals surface area contributed by atoms with Crippen molar-refractivity contribution in [2.75, 3.05) is 18.1 Å². The van der Waals surface area contributed by atoms with Crippen molar-refractivity contribution in [1.82, 2.24) is 4.98 Å². The van der Waals surface area contributed by atoms with Crippen molar-refractivity contribution in [3.05, 3.63) is 24.3 Å². The number of carbonyl (C=O) groups excluding carboxylic acids is 1. The Hall–Kier alpha value is -1.46. The third-order valence-corrected chi connectivity index (χ3v) is 7.15. The van der Waals surface area contributed by atoms with Crippen molar-refractivity contribution in [3.8, 4) is 0 Å². The smallest absolute Gasteiger partial charge is 0.229 e. The van der Waals surface area contributed by atoms with Crippen molar-refractivity contribution in [2.24, 2.45) is 17.8 Å². The van der Waals surface area contributed by atoms with Gasteiger partial charge >= 0.3 is 0 Å². The highest BCUT2D eigenvalue weighted by Crippen LogP contribution is 2.51. The van der Waals surface area contributed by atoms with Crippen molar-refractivity contribution < 1.29 is 9.53 Å². The standard InChI is InChI=1S/C21H26N2O2S/c24-20(12-17(14-7-8-14)15-9-10-15)23(13-16-4-3-11-25-16)21-22-18-5-1-2-6-19(18)26-21/h1-2,5-6,14-17H,3-4,7-13H2. The number of carbonyl (C=O) groups is 1. The molecular formula is C21H26N2O2S. The first-order valence-corrected chi connectivity index (χ1v) is 10.9. The lowest BCUT2D eigenvalue weighted by molar-refractivity contribution is -0.120. The van der Waals surface area contributed by atoms with Crippen LogP contribution < -0.4 is 4.90 Å². The molecule has 2 saturated carbocycles. The third kappa shape index (κ3) is 3.52. The predicted molar refractivity (Wildman–Crippen MR) is 105 cm³/mol. The van der Waals surface area contributed by atoms with Gasteiger partial charge in [-0.05, 0) is 68.4 Å². The van der Waals surface area contributed by atoms with Crippen molar-refractivity contribution >= 4 is 32.6 Å². The summed E-state index contributed by atoms with van der Waals surface area (Å²) in [5.74, 6) is 2.45. The number of anilines is 1. The van der Waals surface area contributed by atoms with Crippen LogP contribution in [0, 0.1) is 17.8 Å². The van der Waals surface area contributed by atoms with Gasteiger partial charge in [-0.25, -0.2) is 4.98 Å². The highest BCUT2D eigenvalue weighted by atomic mass is 32.1. The monoisotopic (exact) mass is 370 g/mol. The number of hydrogen-bond acceptors (Lipinski definition) is 4. The van der Waals surface area contributed by atoms with Crippen molar-refractivity contribution in [2.45, 2.75) is 51.0 Å². The molecule has 1 aromatic carbocycles. The van der Waals surface area contributed by atoms with E-state index >= 15 is 0 Å². The number of thiazole rings is 1. The molecule has 2 aliphatic carbocycles. The molecular weight excluding hydrogens is 344 g/mol. The molecule has 0 spiro atoms. The van der Waals surface area contributed by atoms with E-state index in [0.29, 0.717) is 18.9 Å². The lowest BCUT2D eigenvalue weighted by Gasteiger charge is -2.25. The van der Waals surface area contributed by atoms with E-state index in [1.807, 2.05) is 23.1 Å². The minimum absolute atomic E-state index is 0.159. The summed E-state index contributed by atoms with van der Waals surface area (Å²) in [4.78, 5) is 20.0. The van der Waals surface area contributed by atoms with E-state index in [0.717, 1.165) is 46.6 Å². The lowest BCUT2D eigenvalue weighted by atomic mass is 9.93. The van der Waals surface area contributed by atoms with Gasteiger partial charge in [-0.3, -0.25) is 9.69 Å². The van der Waals surface area contributed by atoms with Crippen LogP contribution in [0.3, 0.4) is 0 Å². The van der Waals surface area contributed by atoms with Gasteiger partial charge < -0.3 is 4.74 Å². The Balaban J connectivity index is 1.39. The number of rotatable bonds is 7. The van der Waals surface area contributed by atoms with E-state index in [1.54, 1.807) is 11.3 Å². The van der Waals surface area contributed by atoms with E-state index in [9.17, 15) is 4.79 Å². The normalized spacial score (nSPS) is 23.0. The van der Waals surface area contributed by atoms with Crippen LogP contribution in [0.25, 0.3) is 10.2 Å². The number of nitrogens with zero attached hydrogens (tertiary/aromatic N) is 2. The molecule has 0 radical (unpaired) electrons. The van der Waals surface area contributed by atoms with Gasteiger partial charge in [0.15, 0.2) is 5.13 Å². The molecule has 2 heterocycles. The van der Waals surface area contributed by atoms with Gasteiger partial charge in [0.25, 0.3) is 0 Å². The number of ether oxygens (including phenoxy) is 1. The zero-order chi connectivity index (χ0) is 17.5. The summed E-state index contributed by atoms with van der Waals surface area (Å²) in [5.41, 5.74) is 0.985. The molecule has 0 N–H and O–H groups in total. The van der Waals surface area contributed by atoms with Gasteiger partial charge in [0.1, 0.15) is 0 Å². The molecule has 0 bridgehead atoms. The van der Waals surface area contributed by atoms with Crippen LogP contribution in [0.15, 0.2) is 24.3 Å². The molecule has 5 heteroatoms. The lowest BCUT2D eigenvalue weighted by Crippen LogP contribution is -2.38. The molecule has 4 nitrogen and oxygen atoms in total. The molecule has 2 aromatic rings. The van der Waals surface area contributed by atoms with Gasteiger partial charge in [0.2, 0.25) is 5.91 Å². The Morgan fingerprint density at radius 3 is 2.62 bits per heavy atom. The summed E-state index contributed by atoms with van der Waals surface area (Å²) < 4.78 is 6.98. The molecule has 26 heavy (non-hydrogen) atoms. The molecule has 1 aromatic heterocycles. The van der Waals surface area contributed by atoms with E-state index in [4.69, 9.17) is 9.72 Å². The maximum atomic E-state index is 13.3. The summed E-state index contributed by atoms with van der Waals surface area (Å²) in [6.07, 6.45) is 8.28. The minimum atomic E-state index is 0.159. The molecule has 1 saturated heterocycles. The number of fused-ring (bicyclic) bond motifs is 1. The number of aromatic nitrogens is 1. The molecule has 1 amide bonds. The SMILES string of the molecule is O=C(CC(C1CC1)C1CC1)N(CC1CCCO1)c1nc2ccccc2s1. The van der Waals surface area contributed by atoms with Crippen molar-refractivity contribution in [3.63, 3.8) is 0 Å². The first-order chi connectivity index (χ1) is 12.8. The fourth-order valence-electron chi connectivity index (χ4n) is 4.33. The van der Waals surface area contributed by atoms with Crippen LogP contribution in [0.2, 0.25) is 0 Å². The zero-order valence-electron chi connectivity index (χ0n) is 15.1. The highest BCUT2D eigenvalue weighted by molar-refractivity contribution is 7.22. The molecule has 3 fully saturated rings. The topological polar surface area (TPSA) is 42.4 Å². The number of para-hydroxylation sites is 1. The van der Waals surface area contributed by atoms with Gasteiger partial charge in [-0.15, -0.1) is 0 Å². The van der Waals surface area contributed by atoms with Crippen molar-refractivity contribution in [1.29, 1.82) is 0 Å². The minimum Gasteiger partial charge on any atom is -0.376 e. The van der Waals surface area contributed by atoms with Crippen LogP contribution in [0.4, 0.5) is 5.13 Å². The Bertz CT molecular complexity index is 745. The quantitative estimate of drug-likeness (QED) is 0.713. The van der Waals surface area contributed by atoms with E-state index in [-0.39, 0.29) is 12.0 Å². The molecule has 1 aliphatic heterocycles. The third-order valence-electron chi connectivity index (χ3n) is 6.09. The second-order valence-electron chi connectivity index (χ2n) is 8.15. The zero-order valence-corrected chi connectivity index (χ0v) is 15.9. The van der Waals surface area contributed by atoms with Crippen LogP contribution in [-0.2, 0) is 9.53 Å². The Labute approximate surface area is 158 Å². The maximum Gasteiger partial charge on any atom is 0.229 e. The average molecular weight is 371 g/mol. The van der Waals surface area contributed by atoms with Crippen LogP contribution in [0.5, 0.6) is 0 Å². The summed E-state index contributed by atoms with van der Waals surface area (Å²) in [6, 6.07) is 8.16. The Morgan fingerprint density at radius 2 is 1.96 bits per heavy atom. The van der Waals surface area contributed by atoms with E-state index < -0.39 is 0 Å². The molecule has 1 unspecified atom stereocenters. The van der Waals surface area contributed by atoms with Crippen LogP contribution in [0.1, 0.15) is 44.9 Å². The second kappa shape index (κ2) is 6.93. The Kier molecular flexibility index (Phi) is 4.45.